The SMILES string of the molecule is CCOC(=O)CCCNC1CCN2CCCCC12. The van der Waals surface area contributed by atoms with Crippen LogP contribution >= 0.6 is 0 Å². The molecule has 2 aliphatic rings. The molecule has 0 aliphatic carbocycles. The highest BCUT2D eigenvalue weighted by molar-refractivity contribution is 5.69. The van der Waals surface area contributed by atoms with Crippen molar-refractivity contribution in [3.63, 3.8) is 0 Å². The van der Waals surface area contributed by atoms with Gasteiger partial charge in [0.25, 0.3) is 0 Å². The third-order valence-corrected chi connectivity index (χ3v) is 4.13. The van der Waals surface area contributed by atoms with Crippen LogP contribution in [0.25, 0.3) is 0 Å². The zero-order valence-electron chi connectivity index (χ0n) is 11.5. The molecule has 0 radical (unpaired) electrons. The summed E-state index contributed by atoms with van der Waals surface area (Å²) in [6.45, 7) is 5.82. The Labute approximate surface area is 110 Å². The lowest BCUT2D eigenvalue weighted by Gasteiger charge is -2.32. The van der Waals surface area contributed by atoms with Crippen LogP contribution in [0.2, 0.25) is 0 Å². The van der Waals surface area contributed by atoms with Crippen molar-refractivity contribution in [2.24, 2.45) is 0 Å². The van der Waals surface area contributed by atoms with Crippen molar-refractivity contribution in [1.29, 1.82) is 0 Å². The van der Waals surface area contributed by atoms with Crippen molar-refractivity contribution >= 4 is 5.97 Å². The van der Waals surface area contributed by atoms with E-state index in [1.807, 2.05) is 6.92 Å². The first-order chi connectivity index (χ1) is 8.81. The molecule has 0 saturated carbocycles. The zero-order chi connectivity index (χ0) is 12.8. The fraction of sp³-hybridized carbons (Fsp3) is 0.929. The molecule has 0 spiro atoms. The summed E-state index contributed by atoms with van der Waals surface area (Å²) in [6, 6.07) is 1.40. The smallest absolute Gasteiger partial charge is 0.305 e. The van der Waals surface area contributed by atoms with E-state index in [0.29, 0.717) is 19.1 Å². The summed E-state index contributed by atoms with van der Waals surface area (Å²) in [5.74, 6) is -0.0648. The maximum Gasteiger partial charge on any atom is 0.305 e. The maximum atomic E-state index is 11.2. The molecular weight excluding hydrogens is 228 g/mol. The molecule has 0 bridgehead atoms. The van der Waals surface area contributed by atoms with Gasteiger partial charge in [0, 0.05) is 25.0 Å². The van der Waals surface area contributed by atoms with Gasteiger partial charge in [0.05, 0.1) is 6.61 Å². The van der Waals surface area contributed by atoms with Crippen LogP contribution in [0, 0.1) is 0 Å². The van der Waals surface area contributed by atoms with Crippen LogP contribution in [0.4, 0.5) is 0 Å². The normalized spacial score (nSPS) is 28.1. The molecule has 0 aromatic rings. The lowest BCUT2D eigenvalue weighted by atomic mass is 9.99. The number of ether oxygens (including phenoxy) is 1. The van der Waals surface area contributed by atoms with E-state index in [4.69, 9.17) is 4.74 Å². The number of hydrogen-bond acceptors (Lipinski definition) is 4. The first kappa shape index (κ1) is 13.8. The van der Waals surface area contributed by atoms with E-state index in [2.05, 4.69) is 10.2 Å². The van der Waals surface area contributed by atoms with Crippen molar-refractivity contribution in [1.82, 2.24) is 10.2 Å². The molecule has 2 unspecified atom stereocenters. The minimum Gasteiger partial charge on any atom is -0.466 e. The Balaban J connectivity index is 1.60. The molecule has 104 valence electrons. The van der Waals surface area contributed by atoms with Crippen LogP contribution in [0.5, 0.6) is 0 Å². The average molecular weight is 254 g/mol. The van der Waals surface area contributed by atoms with E-state index in [9.17, 15) is 4.79 Å². The van der Waals surface area contributed by atoms with E-state index < -0.39 is 0 Å². The van der Waals surface area contributed by atoms with Crippen LogP contribution in [-0.2, 0) is 9.53 Å². The quantitative estimate of drug-likeness (QED) is 0.577. The van der Waals surface area contributed by atoms with E-state index in [1.54, 1.807) is 0 Å². The van der Waals surface area contributed by atoms with Crippen molar-refractivity contribution in [2.75, 3.05) is 26.2 Å². The number of rotatable bonds is 6. The second-order valence-electron chi connectivity index (χ2n) is 5.36. The average Bonchev–Trinajstić information content (AvgIpc) is 2.78. The fourth-order valence-electron chi connectivity index (χ4n) is 3.24. The zero-order valence-corrected chi connectivity index (χ0v) is 11.5. The number of hydrogen-bond donors (Lipinski definition) is 1. The molecule has 4 heteroatoms. The van der Waals surface area contributed by atoms with Gasteiger partial charge < -0.3 is 10.1 Å². The highest BCUT2D eigenvalue weighted by Gasteiger charge is 2.34. The van der Waals surface area contributed by atoms with Gasteiger partial charge in [-0.1, -0.05) is 6.42 Å². The molecule has 2 rings (SSSR count). The summed E-state index contributed by atoms with van der Waals surface area (Å²) in [7, 11) is 0. The minimum absolute atomic E-state index is 0.0648. The highest BCUT2D eigenvalue weighted by atomic mass is 16.5. The summed E-state index contributed by atoms with van der Waals surface area (Å²) in [5, 5.41) is 3.63. The highest BCUT2D eigenvalue weighted by Crippen LogP contribution is 2.26. The summed E-state index contributed by atoms with van der Waals surface area (Å²) in [4.78, 5) is 13.8. The van der Waals surface area contributed by atoms with Crippen LogP contribution in [0.1, 0.15) is 45.4 Å². The minimum atomic E-state index is -0.0648. The van der Waals surface area contributed by atoms with Gasteiger partial charge in [-0.15, -0.1) is 0 Å². The van der Waals surface area contributed by atoms with Crippen LogP contribution in [0.15, 0.2) is 0 Å². The number of carbonyl (C=O) groups is 1. The first-order valence-corrected chi connectivity index (χ1v) is 7.44. The Morgan fingerprint density at radius 2 is 2.22 bits per heavy atom. The van der Waals surface area contributed by atoms with Crippen molar-refractivity contribution < 1.29 is 9.53 Å². The number of esters is 1. The Morgan fingerprint density at radius 1 is 1.33 bits per heavy atom. The van der Waals surface area contributed by atoms with Gasteiger partial charge in [-0.3, -0.25) is 9.69 Å². The monoisotopic (exact) mass is 254 g/mol. The Morgan fingerprint density at radius 3 is 3.06 bits per heavy atom. The van der Waals surface area contributed by atoms with Gasteiger partial charge in [0.2, 0.25) is 0 Å². The summed E-state index contributed by atoms with van der Waals surface area (Å²) < 4.78 is 4.92. The van der Waals surface area contributed by atoms with Gasteiger partial charge in [-0.2, -0.15) is 0 Å². The van der Waals surface area contributed by atoms with Crippen LogP contribution in [-0.4, -0.2) is 49.2 Å². The number of nitrogens with one attached hydrogen (secondary N) is 1. The molecule has 18 heavy (non-hydrogen) atoms. The third-order valence-electron chi connectivity index (χ3n) is 4.13. The molecule has 0 aromatic carbocycles. The molecular formula is C14H26N2O2. The van der Waals surface area contributed by atoms with Gasteiger partial charge in [-0.05, 0) is 45.7 Å². The first-order valence-electron chi connectivity index (χ1n) is 7.44. The number of fused-ring (bicyclic) bond motifs is 1. The summed E-state index contributed by atoms with van der Waals surface area (Å²) >= 11 is 0. The van der Waals surface area contributed by atoms with E-state index >= 15 is 0 Å². The number of piperidine rings is 1. The molecule has 4 nitrogen and oxygen atoms in total. The number of nitrogens with zero attached hydrogens (tertiary/aromatic N) is 1. The Bertz CT molecular complexity index is 271. The van der Waals surface area contributed by atoms with Crippen LogP contribution in [0.3, 0.4) is 0 Å². The summed E-state index contributed by atoms with van der Waals surface area (Å²) in [5.41, 5.74) is 0. The van der Waals surface area contributed by atoms with E-state index in [1.165, 1.54) is 38.8 Å². The van der Waals surface area contributed by atoms with E-state index in [0.717, 1.165) is 19.0 Å². The lowest BCUT2D eigenvalue weighted by molar-refractivity contribution is -0.143. The third kappa shape index (κ3) is 3.69. The predicted octanol–water partition coefficient (Wildman–Crippen LogP) is 1.55. The second kappa shape index (κ2) is 7.10. The Hall–Kier alpha value is -0.610. The molecule has 0 aromatic heterocycles. The predicted molar refractivity (Wildman–Crippen MR) is 71.5 cm³/mol. The Kier molecular flexibility index (Phi) is 5.45. The fourth-order valence-corrected chi connectivity index (χ4v) is 3.24. The van der Waals surface area contributed by atoms with Crippen molar-refractivity contribution in [3.05, 3.63) is 0 Å². The van der Waals surface area contributed by atoms with Crippen LogP contribution < -0.4 is 5.32 Å². The summed E-state index contributed by atoms with van der Waals surface area (Å²) in [6.07, 6.45) is 6.79. The maximum absolute atomic E-state index is 11.2. The van der Waals surface area contributed by atoms with Gasteiger partial charge >= 0.3 is 5.97 Å². The number of carbonyl (C=O) groups excluding carboxylic acids is 1. The van der Waals surface area contributed by atoms with Gasteiger partial charge in [0.1, 0.15) is 0 Å². The lowest BCUT2D eigenvalue weighted by Crippen LogP contribution is -2.45. The molecule has 2 aliphatic heterocycles. The topological polar surface area (TPSA) is 41.6 Å². The molecule has 2 saturated heterocycles. The molecule has 1 N–H and O–H groups in total. The largest absolute Gasteiger partial charge is 0.466 e. The van der Waals surface area contributed by atoms with Crippen molar-refractivity contribution in [3.8, 4) is 0 Å². The molecule has 0 amide bonds. The molecule has 2 fully saturated rings. The standard InChI is InChI=1S/C14H26N2O2/c1-2-18-14(17)7-5-9-15-12-8-11-16-10-4-3-6-13(12)16/h12-13,15H,2-11H2,1H3. The second-order valence-corrected chi connectivity index (χ2v) is 5.36. The van der Waals surface area contributed by atoms with E-state index in [-0.39, 0.29) is 5.97 Å². The molecule has 2 heterocycles. The molecule has 2 atom stereocenters. The van der Waals surface area contributed by atoms with Gasteiger partial charge in [-0.25, -0.2) is 0 Å². The van der Waals surface area contributed by atoms with Crippen molar-refractivity contribution in [2.45, 2.75) is 57.5 Å². The van der Waals surface area contributed by atoms with Gasteiger partial charge in [0.15, 0.2) is 0 Å².